The van der Waals surface area contributed by atoms with Crippen LogP contribution in [0, 0.1) is 11.3 Å². The number of nitriles is 1. The first kappa shape index (κ1) is 16.5. The van der Waals surface area contributed by atoms with E-state index < -0.39 is 5.97 Å². The minimum absolute atomic E-state index is 0.390. The number of nitrogens with zero attached hydrogens (tertiary/aromatic N) is 2. The molecule has 0 fully saturated rings. The highest BCUT2D eigenvalue weighted by atomic mass is 16.5. The Kier molecular flexibility index (Phi) is 4.34. The molecule has 27 heavy (non-hydrogen) atoms. The van der Waals surface area contributed by atoms with Gasteiger partial charge in [-0.1, -0.05) is 48.5 Å². The number of fused-ring (bicyclic) bond motifs is 1. The van der Waals surface area contributed by atoms with Crippen LogP contribution in [0.5, 0.6) is 5.75 Å². The van der Waals surface area contributed by atoms with Crippen LogP contribution in [0.2, 0.25) is 0 Å². The average molecular weight is 350 g/mol. The highest BCUT2D eigenvalue weighted by molar-refractivity contribution is 6.05. The molecule has 0 bridgehead atoms. The van der Waals surface area contributed by atoms with Crippen LogP contribution in [0.25, 0.3) is 22.2 Å². The van der Waals surface area contributed by atoms with Gasteiger partial charge >= 0.3 is 5.97 Å². The molecular formula is C23H14N2O2. The topological polar surface area (TPSA) is 63.0 Å². The Morgan fingerprint density at radius 2 is 1.59 bits per heavy atom. The molecule has 0 N–H and O–H groups in total. The summed E-state index contributed by atoms with van der Waals surface area (Å²) in [5.41, 5.74) is 3.32. The number of rotatable bonds is 3. The number of hydrogen-bond donors (Lipinski definition) is 0. The molecule has 1 heterocycles. The van der Waals surface area contributed by atoms with Gasteiger partial charge in [0.05, 0.1) is 28.4 Å². The first-order valence-corrected chi connectivity index (χ1v) is 8.42. The minimum atomic E-state index is -0.463. The summed E-state index contributed by atoms with van der Waals surface area (Å²) in [6.45, 7) is 0. The van der Waals surface area contributed by atoms with Crippen LogP contribution in [0.3, 0.4) is 0 Å². The van der Waals surface area contributed by atoms with Gasteiger partial charge in [-0.2, -0.15) is 5.26 Å². The van der Waals surface area contributed by atoms with Crippen molar-refractivity contribution in [3.8, 4) is 23.1 Å². The molecule has 0 saturated heterocycles. The van der Waals surface area contributed by atoms with Crippen LogP contribution in [-0.2, 0) is 0 Å². The Morgan fingerprint density at radius 1 is 0.889 bits per heavy atom. The van der Waals surface area contributed by atoms with Crippen molar-refractivity contribution in [2.24, 2.45) is 0 Å². The van der Waals surface area contributed by atoms with Gasteiger partial charge < -0.3 is 4.74 Å². The maximum absolute atomic E-state index is 12.9. The summed E-state index contributed by atoms with van der Waals surface area (Å²) in [6, 6.07) is 27.4. The second-order valence-corrected chi connectivity index (χ2v) is 5.96. The van der Waals surface area contributed by atoms with Crippen LogP contribution in [-0.4, -0.2) is 11.0 Å². The van der Waals surface area contributed by atoms with Crippen molar-refractivity contribution >= 4 is 16.9 Å². The number of esters is 1. The van der Waals surface area contributed by atoms with E-state index in [4.69, 9.17) is 10.00 Å². The van der Waals surface area contributed by atoms with E-state index in [2.05, 4.69) is 4.98 Å². The monoisotopic (exact) mass is 350 g/mol. The zero-order valence-electron chi connectivity index (χ0n) is 14.3. The fourth-order valence-corrected chi connectivity index (χ4v) is 2.86. The molecule has 0 radical (unpaired) electrons. The van der Waals surface area contributed by atoms with Gasteiger partial charge in [-0.3, -0.25) is 0 Å². The fourth-order valence-electron chi connectivity index (χ4n) is 2.86. The maximum Gasteiger partial charge on any atom is 0.344 e. The van der Waals surface area contributed by atoms with E-state index in [1.54, 1.807) is 30.3 Å². The summed E-state index contributed by atoms with van der Waals surface area (Å²) in [6.07, 6.45) is 0. The van der Waals surface area contributed by atoms with Gasteiger partial charge in [0.2, 0.25) is 0 Å². The number of hydrogen-bond acceptors (Lipinski definition) is 4. The summed E-state index contributed by atoms with van der Waals surface area (Å²) >= 11 is 0. The third kappa shape index (κ3) is 3.39. The molecule has 3 aromatic carbocycles. The number of benzene rings is 3. The molecule has 4 aromatic rings. The fraction of sp³-hybridized carbons (Fsp3) is 0. The van der Waals surface area contributed by atoms with Gasteiger partial charge in [-0.15, -0.1) is 0 Å². The van der Waals surface area contributed by atoms with Crippen LogP contribution in [0.15, 0.2) is 84.9 Å². The third-order valence-corrected chi connectivity index (χ3v) is 4.20. The van der Waals surface area contributed by atoms with Gasteiger partial charge in [-0.25, -0.2) is 9.78 Å². The Morgan fingerprint density at radius 3 is 2.33 bits per heavy atom. The van der Waals surface area contributed by atoms with Gasteiger partial charge in [0.25, 0.3) is 0 Å². The third-order valence-electron chi connectivity index (χ3n) is 4.20. The van der Waals surface area contributed by atoms with E-state index in [9.17, 15) is 4.79 Å². The van der Waals surface area contributed by atoms with Crippen molar-refractivity contribution < 1.29 is 9.53 Å². The molecule has 1 aromatic heterocycles. The lowest BCUT2D eigenvalue weighted by molar-refractivity contribution is 0.0737. The van der Waals surface area contributed by atoms with Gasteiger partial charge in [-0.05, 0) is 36.4 Å². The zero-order valence-corrected chi connectivity index (χ0v) is 14.3. The second-order valence-electron chi connectivity index (χ2n) is 5.96. The van der Waals surface area contributed by atoms with Crippen molar-refractivity contribution in [2.45, 2.75) is 0 Å². The highest BCUT2D eigenvalue weighted by Gasteiger charge is 2.16. The van der Waals surface area contributed by atoms with Crippen molar-refractivity contribution in [1.82, 2.24) is 4.98 Å². The largest absolute Gasteiger partial charge is 0.423 e. The van der Waals surface area contributed by atoms with Crippen LogP contribution in [0.1, 0.15) is 15.9 Å². The standard InChI is InChI=1S/C23H14N2O2/c24-15-16-10-12-18(13-11-16)27-23(26)20-14-22(17-6-2-1-3-7-17)25-21-9-5-4-8-19(20)21/h1-14H. The lowest BCUT2D eigenvalue weighted by Crippen LogP contribution is -2.10. The number of aromatic nitrogens is 1. The van der Waals surface area contributed by atoms with E-state index in [-0.39, 0.29) is 0 Å². The van der Waals surface area contributed by atoms with Gasteiger partial charge in [0.1, 0.15) is 5.75 Å². The molecule has 0 saturated carbocycles. The normalized spacial score (nSPS) is 10.3. The van der Waals surface area contributed by atoms with E-state index in [1.165, 1.54) is 0 Å². The lowest BCUT2D eigenvalue weighted by atomic mass is 10.0. The molecule has 0 unspecified atom stereocenters. The molecule has 0 atom stereocenters. The number of para-hydroxylation sites is 1. The maximum atomic E-state index is 12.9. The van der Waals surface area contributed by atoms with Crippen LogP contribution in [0.4, 0.5) is 0 Å². The zero-order chi connectivity index (χ0) is 18.6. The van der Waals surface area contributed by atoms with Crippen molar-refractivity contribution in [2.75, 3.05) is 0 Å². The summed E-state index contributed by atoms with van der Waals surface area (Å²) in [5, 5.41) is 9.61. The van der Waals surface area contributed by atoms with Gasteiger partial charge in [0.15, 0.2) is 0 Å². The molecule has 0 amide bonds. The molecule has 4 heteroatoms. The van der Waals surface area contributed by atoms with Crippen molar-refractivity contribution in [3.63, 3.8) is 0 Å². The smallest absolute Gasteiger partial charge is 0.344 e. The van der Waals surface area contributed by atoms with E-state index in [0.29, 0.717) is 22.6 Å². The molecule has 4 nitrogen and oxygen atoms in total. The summed E-state index contributed by atoms with van der Waals surface area (Å²) in [5.74, 6) is -0.0726. The Labute approximate surface area is 156 Å². The number of ether oxygens (including phenoxy) is 1. The molecule has 4 rings (SSSR count). The Bertz CT molecular complexity index is 1160. The summed E-state index contributed by atoms with van der Waals surface area (Å²) < 4.78 is 5.52. The molecule has 0 aliphatic heterocycles. The minimum Gasteiger partial charge on any atom is -0.423 e. The lowest BCUT2D eigenvalue weighted by Gasteiger charge is -2.10. The first-order valence-electron chi connectivity index (χ1n) is 8.42. The van der Waals surface area contributed by atoms with E-state index >= 15 is 0 Å². The van der Waals surface area contributed by atoms with Crippen molar-refractivity contribution in [3.05, 3.63) is 96.1 Å². The molecular weight excluding hydrogens is 336 g/mol. The summed E-state index contributed by atoms with van der Waals surface area (Å²) in [4.78, 5) is 17.5. The number of carbonyl (C=O) groups is 1. The van der Waals surface area contributed by atoms with E-state index in [1.807, 2.05) is 60.7 Å². The van der Waals surface area contributed by atoms with Crippen molar-refractivity contribution in [1.29, 1.82) is 5.26 Å². The summed E-state index contributed by atoms with van der Waals surface area (Å²) in [7, 11) is 0. The predicted octanol–water partition coefficient (Wildman–Crippen LogP) is 4.99. The molecule has 128 valence electrons. The SMILES string of the molecule is N#Cc1ccc(OC(=O)c2cc(-c3ccccc3)nc3ccccc23)cc1. The first-order chi connectivity index (χ1) is 13.2. The molecule has 0 spiro atoms. The average Bonchev–Trinajstić information content (AvgIpc) is 2.74. The van der Waals surface area contributed by atoms with Crippen LogP contribution >= 0.6 is 0 Å². The predicted molar refractivity (Wildman–Crippen MR) is 103 cm³/mol. The van der Waals surface area contributed by atoms with Crippen LogP contribution < -0.4 is 4.74 Å². The second kappa shape index (κ2) is 7.11. The Hall–Kier alpha value is -3.97. The highest BCUT2D eigenvalue weighted by Crippen LogP contribution is 2.26. The quantitative estimate of drug-likeness (QED) is 0.386. The van der Waals surface area contributed by atoms with E-state index in [0.717, 1.165) is 16.5 Å². The molecule has 0 aliphatic rings. The molecule has 0 aliphatic carbocycles. The Balaban J connectivity index is 1.77. The number of pyridine rings is 1. The number of carbonyl (C=O) groups excluding carboxylic acids is 1. The van der Waals surface area contributed by atoms with Gasteiger partial charge in [0, 0.05) is 10.9 Å².